The zero-order chi connectivity index (χ0) is 29.4. The molecule has 3 heterocycles. The molecule has 0 bridgehead atoms. The number of anilines is 1. The summed E-state index contributed by atoms with van der Waals surface area (Å²) < 4.78 is 7.09. The summed E-state index contributed by atoms with van der Waals surface area (Å²) in [5, 5.41) is 18.1. The number of nitrogens with two attached hydrogens (primary N) is 1. The highest BCUT2D eigenvalue weighted by atomic mass is 79.9. The van der Waals surface area contributed by atoms with Crippen LogP contribution in [0.3, 0.4) is 0 Å². The van der Waals surface area contributed by atoms with Gasteiger partial charge in [-0.05, 0) is 82.4 Å². The summed E-state index contributed by atoms with van der Waals surface area (Å²) in [6.07, 6.45) is 1.32. The highest BCUT2D eigenvalue weighted by molar-refractivity contribution is 9.10. The molecule has 1 atom stereocenters. The van der Waals surface area contributed by atoms with Crippen molar-refractivity contribution in [3.8, 4) is 22.7 Å². The number of hydrogen-bond donors (Lipinski definition) is 3. The average Bonchev–Trinajstić information content (AvgIpc) is 3.59. The van der Waals surface area contributed by atoms with Crippen molar-refractivity contribution in [3.63, 3.8) is 0 Å². The van der Waals surface area contributed by atoms with Gasteiger partial charge in [0.25, 0.3) is 0 Å². The number of hydrogen-bond acceptors (Lipinski definition) is 7. The van der Waals surface area contributed by atoms with Gasteiger partial charge in [-0.2, -0.15) is 0 Å². The zero-order valence-corrected chi connectivity index (χ0v) is 24.8. The van der Waals surface area contributed by atoms with Crippen LogP contribution in [0.1, 0.15) is 37.8 Å². The fourth-order valence-electron chi connectivity index (χ4n) is 5.40. The predicted octanol–water partition coefficient (Wildman–Crippen LogP) is 5.13. The molecule has 1 aliphatic rings. The Kier molecular flexibility index (Phi) is 7.38. The molecule has 0 aliphatic carbocycles. The van der Waals surface area contributed by atoms with Gasteiger partial charge in [0.1, 0.15) is 17.4 Å². The minimum Gasteiger partial charge on any atom is -0.455 e. The Hall–Kier alpha value is -4.35. The predicted molar refractivity (Wildman–Crippen MR) is 163 cm³/mol. The summed E-state index contributed by atoms with van der Waals surface area (Å²) in [7, 11) is 0. The normalized spacial score (nSPS) is 15.5. The van der Waals surface area contributed by atoms with E-state index >= 15 is 0 Å². The maximum atomic E-state index is 13.9. The highest BCUT2D eigenvalue weighted by Crippen LogP contribution is 2.41. The number of amides is 2. The van der Waals surface area contributed by atoms with E-state index in [-0.39, 0.29) is 18.2 Å². The topological polar surface area (TPSA) is 143 Å². The molecule has 3 aromatic carbocycles. The number of aryl methyl sites for hydroxylation is 1. The number of nitrogens with one attached hydrogen (secondary N) is 2. The SMILES string of the molecule is CC(C)(N)CC(=O)N[C@@H]1CCc2ccccc2N(Cc2ccc3oc(-c4ccccc4-c4nnn[nH]4)c(Br)c3c2)C1=O. The van der Waals surface area contributed by atoms with E-state index in [1.54, 1.807) is 18.7 Å². The van der Waals surface area contributed by atoms with Crippen molar-refractivity contribution in [2.75, 3.05) is 4.90 Å². The number of benzene rings is 3. The van der Waals surface area contributed by atoms with Crippen LogP contribution in [0, 0.1) is 0 Å². The van der Waals surface area contributed by atoms with Crippen LogP contribution in [0.5, 0.6) is 0 Å². The van der Waals surface area contributed by atoms with Crippen LogP contribution in [0.2, 0.25) is 0 Å². The lowest BCUT2D eigenvalue weighted by molar-refractivity contribution is -0.128. The van der Waals surface area contributed by atoms with Gasteiger partial charge in [0.05, 0.1) is 11.0 Å². The second kappa shape index (κ2) is 11.1. The van der Waals surface area contributed by atoms with Crippen molar-refractivity contribution in [2.24, 2.45) is 5.73 Å². The summed E-state index contributed by atoms with van der Waals surface area (Å²) in [5.74, 6) is 0.804. The molecule has 0 saturated carbocycles. The molecule has 10 nitrogen and oxygen atoms in total. The van der Waals surface area contributed by atoms with Crippen LogP contribution in [0.25, 0.3) is 33.7 Å². The van der Waals surface area contributed by atoms with Crippen molar-refractivity contribution in [3.05, 3.63) is 82.3 Å². The number of carbonyl (C=O) groups excluding carboxylic acids is 2. The minimum absolute atomic E-state index is 0.132. The van der Waals surface area contributed by atoms with Crippen LogP contribution in [-0.2, 0) is 22.6 Å². The Morgan fingerprint density at radius 2 is 1.90 bits per heavy atom. The first-order valence-electron chi connectivity index (χ1n) is 13.7. The average molecular weight is 629 g/mol. The van der Waals surface area contributed by atoms with Crippen molar-refractivity contribution in [1.29, 1.82) is 0 Å². The molecule has 4 N–H and O–H groups in total. The van der Waals surface area contributed by atoms with Gasteiger partial charge in [-0.25, -0.2) is 5.10 Å². The second-order valence-corrected chi connectivity index (χ2v) is 12.0. The number of furan rings is 1. The third kappa shape index (κ3) is 5.57. The number of para-hydroxylation sites is 1. The van der Waals surface area contributed by atoms with E-state index < -0.39 is 11.6 Å². The first-order valence-corrected chi connectivity index (χ1v) is 14.5. The van der Waals surface area contributed by atoms with Gasteiger partial charge in [0.2, 0.25) is 11.8 Å². The minimum atomic E-state index is -0.668. The molecule has 214 valence electrons. The van der Waals surface area contributed by atoms with Gasteiger partial charge in [-0.3, -0.25) is 9.59 Å². The second-order valence-electron chi connectivity index (χ2n) is 11.2. The van der Waals surface area contributed by atoms with E-state index in [2.05, 4.69) is 41.9 Å². The number of rotatable bonds is 7. The quantitative estimate of drug-likeness (QED) is 0.227. The Morgan fingerprint density at radius 1 is 1.14 bits per heavy atom. The van der Waals surface area contributed by atoms with Crippen LogP contribution >= 0.6 is 15.9 Å². The molecule has 6 rings (SSSR count). The third-order valence-corrected chi connectivity index (χ3v) is 8.09. The van der Waals surface area contributed by atoms with E-state index in [1.165, 1.54) is 0 Å². The number of halogens is 1. The highest BCUT2D eigenvalue weighted by Gasteiger charge is 2.32. The van der Waals surface area contributed by atoms with E-state index in [0.29, 0.717) is 36.6 Å². The number of tetrazole rings is 1. The Labute approximate surface area is 250 Å². The lowest BCUT2D eigenvalue weighted by atomic mass is 10.0. The number of H-pyrrole nitrogens is 1. The Bertz CT molecular complexity index is 1780. The molecule has 0 fully saturated rings. The molecule has 2 aromatic heterocycles. The summed E-state index contributed by atoms with van der Waals surface area (Å²) >= 11 is 3.76. The summed E-state index contributed by atoms with van der Waals surface area (Å²) in [6.45, 7) is 3.92. The number of aromatic nitrogens is 4. The molecule has 0 radical (unpaired) electrons. The Balaban J connectivity index is 1.33. The number of aromatic amines is 1. The largest absolute Gasteiger partial charge is 0.455 e. The molecule has 2 amide bonds. The lowest BCUT2D eigenvalue weighted by Crippen LogP contribution is -2.49. The van der Waals surface area contributed by atoms with Gasteiger partial charge in [0.15, 0.2) is 5.82 Å². The van der Waals surface area contributed by atoms with E-state index in [0.717, 1.165) is 37.8 Å². The van der Waals surface area contributed by atoms with E-state index in [9.17, 15) is 9.59 Å². The van der Waals surface area contributed by atoms with E-state index in [4.69, 9.17) is 10.2 Å². The lowest BCUT2D eigenvalue weighted by Gasteiger charge is -2.27. The number of carbonyl (C=O) groups is 2. The standard InChI is InChI=1S/C31H30BrN7O3/c1-31(2,33)16-26(40)34-23-13-12-19-7-3-6-10-24(19)39(30(23)41)17-18-11-14-25-22(15-18)27(32)28(42-25)20-8-4-5-9-21(20)29-35-37-38-36-29/h3-11,14-15,23H,12-13,16-17,33H2,1-2H3,(H,34,40)(H,35,36,37,38)/t23-/m1/s1. The van der Waals surface area contributed by atoms with Crippen LogP contribution in [0.4, 0.5) is 5.69 Å². The number of fused-ring (bicyclic) bond motifs is 2. The zero-order valence-electron chi connectivity index (χ0n) is 23.2. The first kappa shape index (κ1) is 27.8. The molecule has 1 aliphatic heterocycles. The third-order valence-electron chi connectivity index (χ3n) is 7.30. The maximum Gasteiger partial charge on any atom is 0.249 e. The summed E-state index contributed by atoms with van der Waals surface area (Å²) in [6, 6.07) is 20.9. The molecule has 0 unspecified atom stereocenters. The molecule has 11 heteroatoms. The van der Waals surface area contributed by atoms with Crippen molar-refractivity contribution >= 4 is 44.4 Å². The number of nitrogens with zero attached hydrogens (tertiary/aromatic N) is 4. The van der Waals surface area contributed by atoms with Crippen molar-refractivity contribution in [1.82, 2.24) is 25.9 Å². The van der Waals surface area contributed by atoms with Crippen LogP contribution < -0.4 is 16.0 Å². The van der Waals surface area contributed by atoms with Crippen LogP contribution in [0.15, 0.2) is 75.6 Å². The molecule has 5 aromatic rings. The smallest absolute Gasteiger partial charge is 0.249 e. The van der Waals surface area contributed by atoms with Gasteiger partial charge < -0.3 is 20.4 Å². The first-order chi connectivity index (χ1) is 20.2. The van der Waals surface area contributed by atoms with Gasteiger partial charge in [-0.1, -0.05) is 48.5 Å². The molecule has 42 heavy (non-hydrogen) atoms. The monoisotopic (exact) mass is 627 g/mol. The van der Waals surface area contributed by atoms with Gasteiger partial charge >= 0.3 is 0 Å². The van der Waals surface area contributed by atoms with Gasteiger partial charge in [-0.15, -0.1) is 5.10 Å². The molecular weight excluding hydrogens is 598 g/mol. The van der Waals surface area contributed by atoms with Crippen molar-refractivity contribution < 1.29 is 14.0 Å². The maximum absolute atomic E-state index is 13.9. The van der Waals surface area contributed by atoms with Gasteiger partial charge in [0, 0.05) is 34.2 Å². The van der Waals surface area contributed by atoms with Crippen molar-refractivity contribution in [2.45, 2.75) is 51.2 Å². The van der Waals surface area contributed by atoms with E-state index in [1.807, 2.05) is 66.7 Å². The molecule has 0 spiro atoms. The Morgan fingerprint density at radius 3 is 2.67 bits per heavy atom. The summed E-state index contributed by atoms with van der Waals surface area (Å²) in [5.41, 5.74) is 10.6. The van der Waals surface area contributed by atoms with Crippen LogP contribution in [-0.4, -0.2) is 44.0 Å². The fourth-order valence-corrected chi connectivity index (χ4v) is 6.01. The summed E-state index contributed by atoms with van der Waals surface area (Å²) in [4.78, 5) is 28.4. The molecular formula is C31H30BrN7O3. The fraction of sp³-hybridized carbons (Fsp3) is 0.258. The molecule has 0 saturated heterocycles.